The fraction of sp³-hybridized carbons (Fsp3) is 0.533. The van der Waals surface area contributed by atoms with Crippen molar-refractivity contribution in [1.82, 2.24) is 5.32 Å². The zero-order valence-electron chi connectivity index (χ0n) is 11.9. The van der Waals surface area contributed by atoms with Gasteiger partial charge in [0.1, 0.15) is 0 Å². The van der Waals surface area contributed by atoms with E-state index >= 15 is 0 Å². The van der Waals surface area contributed by atoms with Crippen molar-refractivity contribution in [2.75, 3.05) is 25.5 Å². The Labute approximate surface area is 115 Å². The molecule has 1 aromatic carbocycles. The number of carbonyl (C=O) groups is 1. The minimum absolute atomic E-state index is 0.116. The van der Waals surface area contributed by atoms with E-state index in [1.54, 1.807) is 6.07 Å². The Kier molecular flexibility index (Phi) is 6.97. The Morgan fingerprint density at radius 2 is 2.05 bits per heavy atom. The summed E-state index contributed by atoms with van der Waals surface area (Å²) in [7, 11) is 0. The number of rotatable bonds is 8. The molecule has 0 saturated heterocycles. The van der Waals surface area contributed by atoms with Crippen LogP contribution in [0.4, 0.5) is 5.69 Å². The molecule has 0 aliphatic heterocycles. The van der Waals surface area contributed by atoms with Crippen LogP contribution in [0, 0.1) is 6.92 Å². The standard InChI is InChI=1S/C15H24N2O2/c1-3-4-10-19-11-6-9-17-15(18)13-8-5-7-12(2)14(13)16/h5,7-8H,3-4,6,9-11,16H2,1-2H3,(H,17,18). The smallest absolute Gasteiger partial charge is 0.253 e. The summed E-state index contributed by atoms with van der Waals surface area (Å²) in [5.41, 5.74) is 7.91. The van der Waals surface area contributed by atoms with Crippen molar-refractivity contribution in [3.63, 3.8) is 0 Å². The zero-order valence-corrected chi connectivity index (χ0v) is 11.9. The Hall–Kier alpha value is -1.55. The van der Waals surface area contributed by atoms with Gasteiger partial charge < -0.3 is 15.8 Å². The molecule has 19 heavy (non-hydrogen) atoms. The molecule has 1 aromatic rings. The molecule has 3 N–H and O–H groups in total. The van der Waals surface area contributed by atoms with Gasteiger partial charge in [0, 0.05) is 25.4 Å². The number of benzene rings is 1. The lowest BCUT2D eigenvalue weighted by Gasteiger charge is -2.09. The highest BCUT2D eigenvalue weighted by molar-refractivity contribution is 5.99. The van der Waals surface area contributed by atoms with E-state index in [4.69, 9.17) is 10.5 Å². The Balaban J connectivity index is 2.26. The van der Waals surface area contributed by atoms with E-state index in [-0.39, 0.29) is 5.91 Å². The highest BCUT2D eigenvalue weighted by Gasteiger charge is 2.09. The Bertz CT molecular complexity index is 405. The summed E-state index contributed by atoms with van der Waals surface area (Å²) in [6, 6.07) is 5.48. The van der Waals surface area contributed by atoms with Gasteiger partial charge in [0.2, 0.25) is 0 Å². The van der Waals surface area contributed by atoms with Gasteiger partial charge in [-0.05, 0) is 31.4 Å². The quantitative estimate of drug-likeness (QED) is 0.560. The lowest BCUT2D eigenvalue weighted by Crippen LogP contribution is -2.26. The van der Waals surface area contributed by atoms with Crippen molar-refractivity contribution in [2.24, 2.45) is 0 Å². The van der Waals surface area contributed by atoms with Gasteiger partial charge in [-0.15, -0.1) is 0 Å². The van der Waals surface area contributed by atoms with Crippen molar-refractivity contribution >= 4 is 11.6 Å². The van der Waals surface area contributed by atoms with Gasteiger partial charge in [0.05, 0.1) is 5.56 Å². The van der Waals surface area contributed by atoms with Crippen LogP contribution in [0.1, 0.15) is 42.1 Å². The third-order valence-electron chi connectivity index (χ3n) is 2.96. The first-order valence-electron chi connectivity index (χ1n) is 6.87. The zero-order chi connectivity index (χ0) is 14.1. The van der Waals surface area contributed by atoms with E-state index in [9.17, 15) is 4.79 Å². The van der Waals surface area contributed by atoms with E-state index in [1.165, 1.54) is 0 Å². The fourth-order valence-corrected chi connectivity index (χ4v) is 1.70. The van der Waals surface area contributed by atoms with Crippen LogP contribution < -0.4 is 11.1 Å². The van der Waals surface area contributed by atoms with Crippen molar-refractivity contribution in [1.29, 1.82) is 0 Å². The topological polar surface area (TPSA) is 64.3 Å². The van der Waals surface area contributed by atoms with Gasteiger partial charge in [0.25, 0.3) is 5.91 Å². The lowest BCUT2D eigenvalue weighted by molar-refractivity contribution is 0.0941. The second-order valence-electron chi connectivity index (χ2n) is 4.61. The SMILES string of the molecule is CCCCOCCCNC(=O)c1cccc(C)c1N. The number of ether oxygens (including phenoxy) is 1. The first-order valence-corrected chi connectivity index (χ1v) is 6.87. The summed E-state index contributed by atoms with van der Waals surface area (Å²) in [5, 5.41) is 2.86. The molecule has 4 nitrogen and oxygen atoms in total. The molecule has 1 amide bonds. The maximum absolute atomic E-state index is 11.9. The number of nitrogen functional groups attached to an aromatic ring is 1. The number of amides is 1. The second kappa shape index (κ2) is 8.53. The number of aryl methyl sites for hydroxylation is 1. The van der Waals surface area contributed by atoms with Gasteiger partial charge in [-0.2, -0.15) is 0 Å². The average Bonchev–Trinajstić information content (AvgIpc) is 2.40. The molecule has 4 heteroatoms. The normalized spacial score (nSPS) is 10.4. The first kappa shape index (κ1) is 15.5. The summed E-state index contributed by atoms with van der Waals surface area (Å²) in [4.78, 5) is 11.9. The predicted molar refractivity (Wildman–Crippen MR) is 78.3 cm³/mol. The molecule has 106 valence electrons. The summed E-state index contributed by atoms with van der Waals surface area (Å²) in [6.07, 6.45) is 3.05. The largest absolute Gasteiger partial charge is 0.398 e. The number of carbonyl (C=O) groups excluding carboxylic acids is 1. The van der Waals surface area contributed by atoms with Gasteiger partial charge in [-0.1, -0.05) is 25.5 Å². The molecular formula is C15H24N2O2. The van der Waals surface area contributed by atoms with Crippen LogP contribution in [0.15, 0.2) is 18.2 Å². The van der Waals surface area contributed by atoms with Crippen LogP contribution in [0.5, 0.6) is 0 Å². The maximum Gasteiger partial charge on any atom is 0.253 e. The number of nitrogens with one attached hydrogen (secondary N) is 1. The number of para-hydroxylation sites is 1. The number of hydrogen-bond donors (Lipinski definition) is 2. The highest BCUT2D eigenvalue weighted by atomic mass is 16.5. The molecule has 0 radical (unpaired) electrons. The molecule has 0 heterocycles. The van der Waals surface area contributed by atoms with Crippen LogP contribution in [0.2, 0.25) is 0 Å². The lowest BCUT2D eigenvalue weighted by atomic mass is 10.1. The molecule has 0 saturated carbocycles. The third kappa shape index (κ3) is 5.30. The summed E-state index contributed by atoms with van der Waals surface area (Å²) >= 11 is 0. The molecule has 0 spiro atoms. The van der Waals surface area contributed by atoms with Crippen molar-refractivity contribution in [3.8, 4) is 0 Å². The molecule has 0 aliphatic rings. The summed E-state index contributed by atoms with van der Waals surface area (Å²) < 4.78 is 5.43. The van der Waals surface area contributed by atoms with E-state index in [0.29, 0.717) is 24.4 Å². The highest BCUT2D eigenvalue weighted by Crippen LogP contribution is 2.15. The van der Waals surface area contributed by atoms with Crippen LogP contribution >= 0.6 is 0 Å². The van der Waals surface area contributed by atoms with Crippen LogP contribution in [-0.4, -0.2) is 25.7 Å². The van der Waals surface area contributed by atoms with Gasteiger partial charge in [0.15, 0.2) is 0 Å². The van der Waals surface area contributed by atoms with Gasteiger partial charge in [-0.3, -0.25) is 4.79 Å². The Morgan fingerprint density at radius 3 is 2.79 bits per heavy atom. The van der Waals surface area contributed by atoms with Crippen molar-refractivity contribution in [3.05, 3.63) is 29.3 Å². The molecule has 0 aliphatic carbocycles. The number of hydrogen-bond acceptors (Lipinski definition) is 3. The van der Waals surface area contributed by atoms with Crippen molar-refractivity contribution < 1.29 is 9.53 Å². The summed E-state index contributed by atoms with van der Waals surface area (Å²) in [6.45, 7) is 6.13. The molecule has 0 bridgehead atoms. The van der Waals surface area contributed by atoms with E-state index in [0.717, 1.165) is 31.4 Å². The minimum atomic E-state index is -0.116. The van der Waals surface area contributed by atoms with Gasteiger partial charge in [-0.25, -0.2) is 0 Å². The fourth-order valence-electron chi connectivity index (χ4n) is 1.70. The van der Waals surface area contributed by atoms with E-state index in [2.05, 4.69) is 12.2 Å². The molecule has 0 aromatic heterocycles. The average molecular weight is 264 g/mol. The van der Waals surface area contributed by atoms with Crippen LogP contribution in [-0.2, 0) is 4.74 Å². The van der Waals surface area contributed by atoms with Crippen LogP contribution in [0.25, 0.3) is 0 Å². The van der Waals surface area contributed by atoms with E-state index < -0.39 is 0 Å². The molecule has 0 fully saturated rings. The second-order valence-corrected chi connectivity index (χ2v) is 4.61. The number of nitrogens with two attached hydrogens (primary N) is 1. The number of unbranched alkanes of at least 4 members (excludes halogenated alkanes) is 1. The summed E-state index contributed by atoms with van der Waals surface area (Å²) in [5.74, 6) is -0.116. The molecule has 0 atom stereocenters. The molecule has 0 unspecified atom stereocenters. The monoisotopic (exact) mass is 264 g/mol. The Morgan fingerprint density at radius 1 is 1.32 bits per heavy atom. The maximum atomic E-state index is 11.9. The predicted octanol–water partition coefficient (Wildman–Crippen LogP) is 2.51. The molecule has 1 rings (SSSR count). The number of anilines is 1. The minimum Gasteiger partial charge on any atom is -0.398 e. The first-order chi connectivity index (χ1) is 9.16. The van der Waals surface area contributed by atoms with Crippen molar-refractivity contribution in [2.45, 2.75) is 33.1 Å². The van der Waals surface area contributed by atoms with E-state index in [1.807, 2.05) is 19.1 Å². The third-order valence-corrected chi connectivity index (χ3v) is 2.96. The molecular weight excluding hydrogens is 240 g/mol. The van der Waals surface area contributed by atoms with Crippen LogP contribution in [0.3, 0.4) is 0 Å². The van der Waals surface area contributed by atoms with Gasteiger partial charge >= 0.3 is 0 Å².